The van der Waals surface area contributed by atoms with Crippen molar-refractivity contribution in [1.29, 1.82) is 0 Å². The smallest absolute Gasteiger partial charge is 0.223 e. The minimum Gasteiger partial charge on any atom is -0.340 e. The van der Waals surface area contributed by atoms with Crippen LogP contribution < -0.4 is 5.73 Å². The highest BCUT2D eigenvalue weighted by molar-refractivity contribution is 5.76. The first-order valence-corrected chi connectivity index (χ1v) is 8.31. The summed E-state index contributed by atoms with van der Waals surface area (Å²) in [6.45, 7) is 1.67. The maximum absolute atomic E-state index is 12.5. The van der Waals surface area contributed by atoms with Crippen molar-refractivity contribution in [2.75, 3.05) is 13.1 Å². The van der Waals surface area contributed by atoms with Gasteiger partial charge in [-0.15, -0.1) is 0 Å². The van der Waals surface area contributed by atoms with Crippen LogP contribution in [0.15, 0.2) is 0 Å². The van der Waals surface area contributed by atoms with Gasteiger partial charge in [-0.1, -0.05) is 25.7 Å². The quantitative estimate of drug-likeness (QED) is 0.795. The van der Waals surface area contributed by atoms with Crippen LogP contribution in [-0.2, 0) is 4.79 Å². The average Bonchev–Trinajstić information content (AvgIpc) is 2.68. The third kappa shape index (κ3) is 4.48. The summed E-state index contributed by atoms with van der Waals surface area (Å²) in [4.78, 5) is 14.7. The number of rotatable bonds is 4. The predicted molar refractivity (Wildman–Crippen MR) is 78.8 cm³/mol. The lowest BCUT2D eigenvalue weighted by molar-refractivity contribution is -0.136. The van der Waals surface area contributed by atoms with E-state index in [1.807, 2.05) is 0 Å². The molecule has 1 heterocycles. The molecule has 0 spiro atoms. The molecule has 3 heteroatoms. The maximum Gasteiger partial charge on any atom is 0.223 e. The molecule has 1 aliphatic heterocycles. The van der Waals surface area contributed by atoms with Crippen LogP contribution in [0, 0.1) is 5.92 Å². The molecule has 2 N–H and O–H groups in total. The fraction of sp³-hybridized carbons (Fsp3) is 0.938. The zero-order valence-electron chi connectivity index (χ0n) is 12.3. The van der Waals surface area contributed by atoms with Gasteiger partial charge in [-0.25, -0.2) is 0 Å². The fourth-order valence-corrected chi connectivity index (χ4v) is 3.75. The Morgan fingerprint density at radius 2 is 1.68 bits per heavy atom. The van der Waals surface area contributed by atoms with Gasteiger partial charge in [-0.2, -0.15) is 0 Å². The van der Waals surface area contributed by atoms with Crippen molar-refractivity contribution in [2.45, 2.75) is 76.7 Å². The number of hydrogen-bond donors (Lipinski definition) is 1. The molecule has 1 amide bonds. The fourth-order valence-electron chi connectivity index (χ4n) is 3.75. The van der Waals surface area contributed by atoms with E-state index in [9.17, 15) is 4.79 Å². The molecule has 1 aliphatic carbocycles. The Morgan fingerprint density at radius 1 is 1.00 bits per heavy atom. The largest absolute Gasteiger partial charge is 0.340 e. The van der Waals surface area contributed by atoms with Crippen LogP contribution in [0.2, 0.25) is 0 Å². The van der Waals surface area contributed by atoms with Crippen molar-refractivity contribution >= 4 is 5.91 Å². The topological polar surface area (TPSA) is 46.3 Å². The second-order valence-electron chi connectivity index (χ2n) is 6.38. The summed E-state index contributed by atoms with van der Waals surface area (Å²) < 4.78 is 0. The van der Waals surface area contributed by atoms with Gasteiger partial charge in [0.05, 0.1) is 0 Å². The zero-order valence-corrected chi connectivity index (χ0v) is 12.3. The van der Waals surface area contributed by atoms with E-state index >= 15 is 0 Å². The van der Waals surface area contributed by atoms with Gasteiger partial charge in [0.2, 0.25) is 5.91 Å². The minimum absolute atomic E-state index is 0.407. The molecule has 110 valence electrons. The number of nitrogens with zero attached hydrogens (tertiary/aromatic N) is 1. The number of likely N-dealkylation sites (tertiary alicyclic amines) is 1. The first kappa shape index (κ1) is 14.8. The Balaban J connectivity index is 1.85. The van der Waals surface area contributed by atoms with E-state index in [0.717, 1.165) is 25.8 Å². The molecule has 0 radical (unpaired) electrons. The van der Waals surface area contributed by atoms with Crippen molar-refractivity contribution in [1.82, 2.24) is 4.90 Å². The highest BCUT2D eigenvalue weighted by Gasteiger charge is 2.27. The van der Waals surface area contributed by atoms with Gasteiger partial charge in [0, 0.05) is 19.0 Å². The van der Waals surface area contributed by atoms with E-state index in [0.29, 0.717) is 24.4 Å². The van der Waals surface area contributed by atoms with E-state index in [-0.39, 0.29) is 0 Å². The summed E-state index contributed by atoms with van der Waals surface area (Å²) in [5.74, 6) is 1.06. The second-order valence-corrected chi connectivity index (χ2v) is 6.38. The Labute approximate surface area is 117 Å². The number of hydrogen-bond acceptors (Lipinski definition) is 2. The summed E-state index contributed by atoms with van der Waals surface area (Å²) >= 11 is 0. The van der Waals surface area contributed by atoms with Gasteiger partial charge in [0.1, 0.15) is 0 Å². The third-order valence-electron chi connectivity index (χ3n) is 4.89. The summed E-state index contributed by atoms with van der Waals surface area (Å²) in [6.07, 6.45) is 13.3. The highest BCUT2D eigenvalue weighted by atomic mass is 16.2. The molecule has 1 saturated carbocycles. The summed E-state index contributed by atoms with van der Waals surface area (Å²) in [5.41, 5.74) is 5.69. The molecule has 1 saturated heterocycles. The van der Waals surface area contributed by atoms with Gasteiger partial charge in [-0.05, 0) is 51.0 Å². The molecule has 2 rings (SSSR count). The molecular weight excluding hydrogens is 236 g/mol. The molecule has 2 fully saturated rings. The summed E-state index contributed by atoms with van der Waals surface area (Å²) in [6, 6.07) is 0.428. The van der Waals surface area contributed by atoms with Crippen molar-refractivity contribution in [3.63, 3.8) is 0 Å². The molecule has 2 aliphatic rings. The van der Waals surface area contributed by atoms with Crippen LogP contribution in [-0.4, -0.2) is 29.9 Å². The maximum atomic E-state index is 12.5. The van der Waals surface area contributed by atoms with Gasteiger partial charge in [0.15, 0.2) is 0 Å². The van der Waals surface area contributed by atoms with Gasteiger partial charge < -0.3 is 10.6 Å². The Morgan fingerprint density at radius 3 is 2.37 bits per heavy atom. The van der Waals surface area contributed by atoms with Gasteiger partial charge in [0.25, 0.3) is 0 Å². The van der Waals surface area contributed by atoms with Crippen molar-refractivity contribution in [3.05, 3.63) is 0 Å². The monoisotopic (exact) mass is 266 g/mol. The first-order valence-electron chi connectivity index (χ1n) is 8.31. The van der Waals surface area contributed by atoms with Crippen molar-refractivity contribution in [3.8, 4) is 0 Å². The lowest BCUT2D eigenvalue weighted by Gasteiger charge is -2.36. The zero-order chi connectivity index (χ0) is 13.5. The molecule has 0 aromatic carbocycles. The van der Waals surface area contributed by atoms with Crippen LogP contribution in [0.5, 0.6) is 0 Å². The molecule has 1 atom stereocenters. The van der Waals surface area contributed by atoms with E-state index in [2.05, 4.69) is 4.90 Å². The second kappa shape index (κ2) is 7.88. The van der Waals surface area contributed by atoms with Crippen LogP contribution in [0.4, 0.5) is 0 Å². The lowest BCUT2D eigenvalue weighted by atomic mass is 9.93. The highest BCUT2D eigenvalue weighted by Crippen LogP contribution is 2.28. The summed E-state index contributed by atoms with van der Waals surface area (Å²) in [5, 5.41) is 0. The standard InChI is InChI=1S/C16H30N2O/c17-11-10-15-9-5-6-12-18(15)16(19)13-14-7-3-1-2-4-8-14/h14-15H,1-13,17H2. The van der Waals surface area contributed by atoms with E-state index in [1.54, 1.807) is 0 Å². The number of piperidine rings is 1. The SMILES string of the molecule is NCCC1CCCCN1C(=O)CC1CCCCCC1. The minimum atomic E-state index is 0.407. The van der Waals surface area contributed by atoms with Gasteiger partial charge >= 0.3 is 0 Å². The Kier molecular flexibility index (Phi) is 6.15. The van der Waals surface area contributed by atoms with Crippen molar-refractivity contribution in [2.24, 2.45) is 11.7 Å². The third-order valence-corrected chi connectivity index (χ3v) is 4.89. The average molecular weight is 266 g/mol. The number of nitrogens with two attached hydrogens (primary N) is 1. The van der Waals surface area contributed by atoms with E-state index < -0.39 is 0 Å². The first-order chi connectivity index (χ1) is 9.31. The Hall–Kier alpha value is -0.570. The molecule has 1 unspecified atom stereocenters. The Bertz CT molecular complexity index is 270. The molecule has 3 nitrogen and oxygen atoms in total. The van der Waals surface area contributed by atoms with Gasteiger partial charge in [-0.3, -0.25) is 4.79 Å². The van der Waals surface area contributed by atoms with Crippen LogP contribution in [0.3, 0.4) is 0 Å². The predicted octanol–water partition coefficient (Wildman–Crippen LogP) is 3.08. The molecule has 0 bridgehead atoms. The molecule has 0 aromatic rings. The lowest BCUT2D eigenvalue weighted by Crippen LogP contribution is -2.45. The van der Waals surface area contributed by atoms with Crippen LogP contribution in [0.25, 0.3) is 0 Å². The van der Waals surface area contributed by atoms with Crippen molar-refractivity contribution < 1.29 is 4.79 Å². The number of amides is 1. The number of carbonyl (C=O) groups is 1. The summed E-state index contributed by atoms with van der Waals surface area (Å²) in [7, 11) is 0. The normalized spacial score (nSPS) is 26.2. The van der Waals surface area contributed by atoms with E-state index in [4.69, 9.17) is 5.73 Å². The van der Waals surface area contributed by atoms with Crippen LogP contribution in [0.1, 0.15) is 70.6 Å². The molecule has 0 aromatic heterocycles. The molecule has 19 heavy (non-hydrogen) atoms. The number of carbonyl (C=O) groups excluding carboxylic acids is 1. The van der Waals surface area contributed by atoms with E-state index in [1.165, 1.54) is 51.4 Å². The van der Waals surface area contributed by atoms with Crippen LogP contribution >= 0.6 is 0 Å². The molecular formula is C16H30N2O.